The van der Waals surface area contributed by atoms with E-state index in [0.717, 1.165) is 5.69 Å². The van der Waals surface area contributed by atoms with Gasteiger partial charge in [0.25, 0.3) is 0 Å². The van der Waals surface area contributed by atoms with Gasteiger partial charge in [-0.05, 0) is 34.7 Å². The molecule has 0 radical (unpaired) electrons. The lowest BCUT2D eigenvalue weighted by Gasteiger charge is -2.19. The van der Waals surface area contributed by atoms with Crippen LogP contribution < -0.4 is 5.32 Å². The molecule has 18 heavy (non-hydrogen) atoms. The molecular weight excluding hydrogens is 248 g/mol. The second kappa shape index (κ2) is 4.90. The second-order valence-corrected chi connectivity index (χ2v) is 5.40. The molecule has 1 N–H and O–H groups in total. The first-order chi connectivity index (χ1) is 8.45. The number of nitrogens with one attached hydrogen (secondary N) is 1. The van der Waals surface area contributed by atoms with Gasteiger partial charge < -0.3 is 5.32 Å². The molecule has 2 rings (SSSR count). The lowest BCUT2D eigenvalue weighted by Crippen LogP contribution is -2.10. The Kier molecular flexibility index (Phi) is 3.48. The Labute approximate surface area is 111 Å². The summed E-state index contributed by atoms with van der Waals surface area (Å²) >= 11 is 5.67. The van der Waals surface area contributed by atoms with Gasteiger partial charge in [0.2, 0.25) is 5.28 Å². The maximum atomic E-state index is 5.67. The summed E-state index contributed by atoms with van der Waals surface area (Å²) in [6, 6.07) is 8.21. The van der Waals surface area contributed by atoms with Crippen molar-refractivity contribution in [3.8, 4) is 0 Å². The summed E-state index contributed by atoms with van der Waals surface area (Å²) in [6.07, 6.45) is 1.53. The average Bonchev–Trinajstić information content (AvgIpc) is 2.28. The third kappa shape index (κ3) is 3.17. The van der Waals surface area contributed by atoms with Gasteiger partial charge in [-0.3, -0.25) is 0 Å². The van der Waals surface area contributed by atoms with Crippen LogP contribution in [0.5, 0.6) is 0 Å². The Bertz CT molecular complexity index is 531. The van der Waals surface area contributed by atoms with Crippen molar-refractivity contribution < 1.29 is 0 Å². The van der Waals surface area contributed by atoms with Gasteiger partial charge in [-0.25, -0.2) is 0 Å². The highest BCUT2D eigenvalue weighted by Crippen LogP contribution is 2.24. The highest BCUT2D eigenvalue weighted by atomic mass is 35.5. The predicted molar refractivity (Wildman–Crippen MR) is 73.3 cm³/mol. The molecular formula is C13H15ClN4. The van der Waals surface area contributed by atoms with Crippen LogP contribution in [0, 0.1) is 0 Å². The van der Waals surface area contributed by atoms with E-state index in [0.29, 0.717) is 5.82 Å². The SMILES string of the molecule is CC(C)(C)c1ccc(Nc2cnnc(Cl)n2)cc1. The van der Waals surface area contributed by atoms with E-state index >= 15 is 0 Å². The van der Waals surface area contributed by atoms with Gasteiger partial charge in [0.15, 0.2) is 5.82 Å². The molecule has 0 saturated heterocycles. The van der Waals surface area contributed by atoms with Gasteiger partial charge in [0.1, 0.15) is 0 Å². The van der Waals surface area contributed by atoms with E-state index in [1.54, 1.807) is 0 Å². The first-order valence-electron chi connectivity index (χ1n) is 5.68. The van der Waals surface area contributed by atoms with Crippen molar-refractivity contribution in [3.63, 3.8) is 0 Å². The zero-order valence-corrected chi connectivity index (χ0v) is 11.4. The van der Waals surface area contributed by atoms with Crippen LogP contribution in [-0.2, 0) is 5.41 Å². The van der Waals surface area contributed by atoms with E-state index in [2.05, 4.69) is 53.4 Å². The number of nitrogens with zero attached hydrogens (tertiary/aromatic N) is 3. The van der Waals surface area contributed by atoms with Gasteiger partial charge in [-0.1, -0.05) is 32.9 Å². The number of hydrogen-bond donors (Lipinski definition) is 1. The van der Waals surface area contributed by atoms with E-state index in [1.807, 2.05) is 12.1 Å². The number of halogens is 1. The largest absolute Gasteiger partial charge is 0.339 e. The van der Waals surface area contributed by atoms with Gasteiger partial charge in [-0.2, -0.15) is 10.1 Å². The summed E-state index contributed by atoms with van der Waals surface area (Å²) in [5.41, 5.74) is 2.38. The fourth-order valence-corrected chi connectivity index (χ4v) is 1.68. The lowest BCUT2D eigenvalue weighted by atomic mass is 9.87. The monoisotopic (exact) mass is 262 g/mol. The van der Waals surface area contributed by atoms with Crippen molar-refractivity contribution in [1.29, 1.82) is 0 Å². The van der Waals surface area contributed by atoms with E-state index in [-0.39, 0.29) is 10.7 Å². The maximum absolute atomic E-state index is 5.67. The Morgan fingerprint density at radius 1 is 1.11 bits per heavy atom. The summed E-state index contributed by atoms with van der Waals surface area (Å²) in [5, 5.41) is 10.6. The molecule has 0 saturated carbocycles. The molecule has 0 fully saturated rings. The molecule has 0 aliphatic rings. The van der Waals surface area contributed by atoms with Crippen LogP contribution in [0.3, 0.4) is 0 Å². The molecule has 2 aromatic rings. The molecule has 0 aliphatic carbocycles. The third-order valence-electron chi connectivity index (χ3n) is 2.56. The van der Waals surface area contributed by atoms with Crippen LogP contribution in [0.25, 0.3) is 0 Å². The Balaban J connectivity index is 2.16. The van der Waals surface area contributed by atoms with Gasteiger partial charge in [0, 0.05) is 5.69 Å². The van der Waals surface area contributed by atoms with Crippen molar-refractivity contribution in [1.82, 2.24) is 15.2 Å². The van der Waals surface area contributed by atoms with Crippen LogP contribution in [0.1, 0.15) is 26.3 Å². The first-order valence-corrected chi connectivity index (χ1v) is 6.06. The maximum Gasteiger partial charge on any atom is 0.244 e. The van der Waals surface area contributed by atoms with Crippen molar-refractivity contribution in [2.75, 3.05) is 5.32 Å². The fraction of sp³-hybridized carbons (Fsp3) is 0.308. The molecule has 0 bridgehead atoms. The molecule has 94 valence electrons. The van der Waals surface area contributed by atoms with Crippen molar-refractivity contribution in [2.24, 2.45) is 0 Å². The molecule has 1 aromatic carbocycles. The minimum Gasteiger partial charge on any atom is -0.339 e. The number of hydrogen-bond acceptors (Lipinski definition) is 4. The Morgan fingerprint density at radius 3 is 2.33 bits per heavy atom. The van der Waals surface area contributed by atoms with Crippen LogP contribution >= 0.6 is 11.6 Å². The van der Waals surface area contributed by atoms with Crippen LogP contribution in [0.4, 0.5) is 11.5 Å². The highest BCUT2D eigenvalue weighted by molar-refractivity contribution is 6.28. The molecule has 1 aromatic heterocycles. The summed E-state index contributed by atoms with van der Waals surface area (Å²) in [4.78, 5) is 4.02. The van der Waals surface area contributed by atoms with E-state index in [1.165, 1.54) is 11.8 Å². The molecule has 0 atom stereocenters. The van der Waals surface area contributed by atoms with Crippen LogP contribution in [0.2, 0.25) is 5.28 Å². The summed E-state index contributed by atoms with van der Waals surface area (Å²) < 4.78 is 0. The fourth-order valence-electron chi connectivity index (χ4n) is 1.54. The van der Waals surface area contributed by atoms with Gasteiger partial charge >= 0.3 is 0 Å². The van der Waals surface area contributed by atoms with Crippen molar-refractivity contribution >= 4 is 23.1 Å². The molecule has 4 nitrogen and oxygen atoms in total. The van der Waals surface area contributed by atoms with Gasteiger partial charge in [-0.15, -0.1) is 5.10 Å². The van der Waals surface area contributed by atoms with Crippen LogP contribution in [0.15, 0.2) is 30.5 Å². The topological polar surface area (TPSA) is 50.7 Å². The van der Waals surface area contributed by atoms with Crippen molar-refractivity contribution in [3.05, 3.63) is 41.3 Å². The zero-order valence-electron chi connectivity index (χ0n) is 10.6. The number of benzene rings is 1. The van der Waals surface area contributed by atoms with E-state index in [4.69, 9.17) is 11.6 Å². The zero-order chi connectivity index (χ0) is 13.2. The quantitative estimate of drug-likeness (QED) is 0.899. The number of aromatic nitrogens is 3. The summed E-state index contributed by atoms with van der Waals surface area (Å²) in [6.45, 7) is 6.55. The summed E-state index contributed by atoms with van der Waals surface area (Å²) in [5.74, 6) is 0.582. The minimum absolute atomic E-state index is 0.131. The Morgan fingerprint density at radius 2 is 1.78 bits per heavy atom. The standard InChI is InChI=1S/C13H15ClN4/c1-13(2,3)9-4-6-10(7-5-9)16-11-8-15-18-12(14)17-11/h4-8H,1-3H3,(H,16,17,18). The minimum atomic E-state index is 0.131. The smallest absolute Gasteiger partial charge is 0.244 e. The highest BCUT2D eigenvalue weighted by Gasteiger charge is 2.12. The molecule has 0 spiro atoms. The molecule has 0 aliphatic heterocycles. The number of rotatable bonds is 2. The second-order valence-electron chi connectivity index (χ2n) is 5.06. The normalized spacial score (nSPS) is 11.3. The Hall–Kier alpha value is -1.68. The van der Waals surface area contributed by atoms with Crippen molar-refractivity contribution in [2.45, 2.75) is 26.2 Å². The van der Waals surface area contributed by atoms with Gasteiger partial charge in [0.05, 0.1) is 6.20 Å². The third-order valence-corrected chi connectivity index (χ3v) is 2.72. The first kappa shape index (κ1) is 12.8. The lowest BCUT2D eigenvalue weighted by molar-refractivity contribution is 0.590. The number of anilines is 2. The molecule has 5 heteroatoms. The van der Waals surface area contributed by atoms with Crippen LogP contribution in [-0.4, -0.2) is 15.2 Å². The molecule has 0 unspecified atom stereocenters. The van der Waals surface area contributed by atoms with E-state index in [9.17, 15) is 0 Å². The summed E-state index contributed by atoms with van der Waals surface area (Å²) in [7, 11) is 0. The predicted octanol–water partition coefficient (Wildman–Crippen LogP) is 3.57. The van der Waals surface area contributed by atoms with E-state index < -0.39 is 0 Å². The average molecular weight is 263 g/mol. The molecule has 0 amide bonds. The molecule has 1 heterocycles.